The van der Waals surface area contributed by atoms with Crippen LogP contribution in [-0.2, 0) is 11.3 Å². The summed E-state index contributed by atoms with van der Waals surface area (Å²) >= 11 is 0. The van der Waals surface area contributed by atoms with Gasteiger partial charge in [-0.25, -0.2) is 14.8 Å². The van der Waals surface area contributed by atoms with Gasteiger partial charge in [0.05, 0.1) is 17.8 Å². The molecular weight excluding hydrogens is 340 g/mol. The molecule has 0 radical (unpaired) electrons. The minimum atomic E-state index is -0.377. The first-order valence-electron chi connectivity index (χ1n) is 9.18. The summed E-state index contributed by atoms with van der Waals surface area (Å²) in [6.45, 7) is 4.62. The maximum atomic E-state index is 12.7. The van der Waals surface area contributed by atoms with Gasteiger partial charge in [0.15, 0.2) is 11.9 Å². The molecule has 2 aromatic heterocycles. The Morgan fingerprint density at radius 2 is 1.96 bits per heavy atom. The minimum absolute atomic E-state index is 0.314. The zero-order valence-electron chi connectivity index (χ0n) is 15.5. The Balaban J connectivity index is 1.51. The summed E-state index contributed by atoms with van der Waals surface area (Å²) in [6.07, 6.45) is 5.06. The van der Waals surface area contributed by atoms with Gasteiger partial charge in [0, 0.05) is 24.0 Å². The molecule has 3 aromatic rings. The summed E-state index contributed by atoms with van der Waals surface area (Å²) in [5.74, 6) is 0.552. The van der Waals surface area contributed by atoms with E-state index in [4.69, 9.17) is 4.74 Å². The highest BCUT2D eigenvalue weighted by atomic mass is 16.5. The fraction of sp³-hybridized carbons (Fsp3) is 0.333. The molecule has 2 heterocycles. The molecule has 6 heteroatoms. The van der Waals surface area contributed by atoms with Crippen molar-refractivity contribution < 1.29 is 9.53 Å². The van der Waals surface area contributed by atoms with Gasteiger partial charge in [-0.05, 0) is 56.5 Å². The second-order valence-corrected chi connectivity index (χ2v) is 7.06. The van der Waals surface area contributed by atoms with Crippen LogP contribution in [0, 0.1) is 19.8 Å². The van der Waals surface area contributed by atoms with Crippen molar-refractivity contribution in [3.05, 3.63) is 77.1 Å². The van der Waals surface area contributed by atoms with Crippen LogP contribution in [0.2, 0.25) is 0 Å². The molecule has 1 aromatic carbocycles. The number of hydrogen-bond acceptors (Lipinski definition) is 5. The predicted octanol–water partition coefficient (Wildman–Crippen LogP) is 3.65. The summed E-state index contributed by atoms with van der Waals surface area (Å²) in [5.41, 5.74) is 3.62. The maximum Gasteiger partial charge on any atom is 0.338 e. The molecule has 0 unspecified atom stereocenters. The molecule has 1 aliphatic carbocycles. The molecule has 0 N–H and O–H groups in total. The second kappa shape index (κ2) is 7.31. The fourth-order valence-electron chi connectivity index (χ4n) is 3.20. The van der Waals surface area contributed by atoms with Gasteiger partial charge in [0.1, 0.15) is 0 Å². The van der Waals surface area contributed by atoms with Gasteiger partial charge in [-0.2, -0.15) is 5.10 Å². The van der Waals surface area contributed by atoms with Crippen LogP contribution in [0.5, 0.6) is 0 Å². The lowest BCUT2D eigenvalue weighted by Gasteiger charge is -2.16. The molecule has 4 rings (SSSR count). The van der Waals surface area contributed by atoms with E-state index in [9.17, 15) is 4.79 Å². The maximum absolute atomic E-state index is 12.7. The molecule has 0 amide bonds. The van der Waals surface area contributed by atoms with Crippen LogP contribution in [-0.4, -0.2) is 25.7 Å². The Labute approximate surface area is 158 Å². The molecule has 0 bridgehead atoms. The highest BCUT2D eigenvalue weighted by Crippen LogP contribution is 2.42. The van der Waals surface area contributed by atoms with Crippen molar-refractivity contribution in [1.82, 2.24) is 19.7 Å². The van der Waals surface area contributed by atoms with Crippen LogP contribution in [0.15, 0.2) is 48.8 Å². The van der Waals surface area contributed by atoms with Gasteiger partial charge in [-0.15, -0.1) is 0 Å². The van der Waals surface area contributed by atoms with Gasteiger partial charge in [-0.3, -0.25) is 4.68 Å². The molecule has 1 saturated carbocycles. The Morgan fingerprint density at radius 3 is 2.63 bits per heavy atom. The van der Waals surface area contributed by atoms with E-state index < -0.39 is 0 Å². The van der Waals surface area contributed by atoms with Crippen molar-refractivity contribution in [3.8, 4) is 0 Å². The third kappa shape index (κ3) is 4.05. The van der Waals surface area contributed by atoms with Gasteiger partial charge in [0.2, 0.25) is 0 Å². The molecule has 0 spiro atoms. The lowest BCUT2D eigenvalue weighted by atomic mass is 10.1. The molecule has 27 heavy (non-hydrogen) atoms. The zero-order valence-corrected chi connectivity index (χ0v) is 15.5. The average molecular weight is 362 g/mol. The fourth-order valence-corrected chi connectivity index (χ4v) is 3.20. The number of ether oxygens (including phenoxy) is 1. The first-order chi connectivity index (χ1) is 13.1. The van der Waals surface area contributed by atoms with E-state index in [1.165, 1.54) is 0 Å². The summed E-state index contributed by atoms with van der Waals surface area (Å²) < 4.78 is 7.73. The number of nitrogens with zero attached hydrogens (tertiary/aromatic N) is 4. The average Bonchev–Trinajstić information content (AvgIpc) is 3.46. The summed E-state index contributed by atoms with van der Waals surface area (Å²) in [6, 6.07) is 11.3. The lowest BCUT2D eigenvalue weighted by Crippen LogP contribution is -2.16. The normalized spacial score (nSPS) is 14.7. The van der Waals surface area contributed by atoms with Crippen molar-refractivity contribution in [2.75, 3.05) is 0 Å². The number of benzene rings is 1. The third-order valence-corrected chi connectivity index (χ3v) is 4.72. The molecule has 1 atom stereocenters. The van der Waals surface area contributed by atoms with E-state index in [1.807, 2.05) is 42.8 Å². The Bertz CT molecular complexity index is 948. The molecule has 138 valence electrons. The minimum Gasteiger partial charge on any atom is -0.450 e. The second-order valence-electron chi connectivity index (χ2n) is 7.06. The number of carbonyl (C=O) groups excluding carboxylic acids is 1. The van der Waals surface area contributed by atoms with Crippen LogP contribution < -0.4 is 0 Å². The zero-order chi connectivity index (χ0) is 18.8. The molecule has 1 aliphatic rings. The van der Waals surface area contributed by atoms with E-state index in [1.54, 1.807) is 24.5 Å². The highest BCUT2D eigenvalue weighted by Gasteiger charge is 2.37. The Hall–Kier alpha value is -3.02. The van der Waals surface area contributed by atoms with Crippen LogP contribution in [0.25, 0.3) is 0 Å². The van der Waals surface area contributed by atoms with Crippen molar-refractivity contribution in [2.24, 2.45) is 5.92 Å². The molecule has 6 nitrogen and oxygen atoms in total. The number of aromatic nitrogens is 4. The van der Waals surface area contributed by atoms with Crippen LogP contribution in [0.3, 0.4) is 0 Å². The summed E-state index contributed by atoms with van der Waals surface area (Å²) in [7, 11) is 0. The van der Waals surface area contributed by atoms with Gasteiger partial charge < -0.3 is 4.74 Å². The topological polar surface area (TPSA) is 69.9 Å². The lowest BCUT2D eigenvalue weighted by molar-refractivity contribution is 0.0218. The van der Waals surface area contributed by atoms with Gasteiger partial charge in [-0.1, -0.05) is 12.1 Å². The summed E-state index contributed by atoms with van der Waals surface area (Å²) in [4.78, 5) is 21.3. The molecule has 0 aliphatic heterocycles. The SMILES string of the molecule is Cc1cc(C)n(Cc2cccc(C(=O)O[C@@H](c3ncccn3)C3CC3)c2)n1. The van der Waals surface area contributed by atoms with Crippen molar-refractivity contribution in [2.45, 2.75) is 39.3 Å². The first kappa shape index (κ1) is 17.4. The largest absolute Gasteiger partial charge is 0.450 e. The summed E-state index contributed by atoms with van der Waals surface area (Å²) in [5, 5.41) is 4.48. The number of esters is 1. The molecule has 1 fully saturated rings. The van der Waals surface area contributed by atoms with Crippen LogP contribution >= 0.6 is 0 Å². The van der Waals surface area contributed by atoms with Crippen LogP contribution in [0.1, 0.15) is 52.1 Å². The van der Waals surface area contributed by atoms with E-state index >= 15 is 0 Å². The predicted molar refractivity (Wildman–Crippen MR) is 100 cm³/mol. The van der Waals surface area contributed by atoms with Crippen LogP contribution in [0.4, 0.5) is 0 Å². The van der Waals surface area contributed by atoms with Gasteiger partial charge in [0.25, 0.3) is 0 Å². The number of carbonyl (C=O) groups is 1. The van der Waals surface area contributed by atoms with Crippen molar-refractivity contribution in [1.29, 1.82) is 0 Å². The number of hydrogen-bond donors (Lipinski definition) is 0. The quantitative estimate of drug-likeness (QED) is 0.626. The van der Waals surface area contributed by atoms with Crippen molar-refractivity contribution in [3.63, 3.8) is 0 Å². The first-order valence-corrected chi connectivity index (χ1v) is 9.18. The smallest absolute Gasteiger partial charge is 0.338 e. The number of aryl methyl sites for hydroxylation is 2. The Kier molecular flexibility index (Phi) is 4.71. The molecular formula is C21H22N4O2. The van der Waals surface area contributed by atoms with E-state index in [-0.39, 0.29) is 12.1 Å². The van der Waals surface area contributed by atoms with E-state index in [2.05, 4.69) is 15.1 Å². The van der Waals surface area contributed by atoms with E-state index in [0.29, 0.717) is 23.9 Å². The van der Waals surface area contributed by atoms with E-state index in [0.717, 1.165) is 29.8 Å². The third-order valence-electron chi connectivity index (χ3n) is 4.72. The monoisotopic (exact) mass is 362 g/mol. The highest BCUT2D eigenvalue weighted by molar-refractivity contribution is 5.89. The Morgan fingerprint density at radius 1 is 1.19 bits per heavy atom. The standard InChI is InChI=1S/C21H22N4O2/c1-14-11-15(2)25(24-14)13-16-5-3-6-18(12-16)21(26)27-19(17-7-8-17)20-22-9-4-10-23-20/h3-6,9-12,17,19H,7-8,13H2,1-2H3/t19-/m1/s1. The van der Waals surface area contributed by atoms with Gasteiger partial charge >= 0.3 is 5.97 Å². The molecule has 0 saturated heterocycles. The van der Waals surface area contributed by atoms with Crippen molar-refractivity contribution >= 4 is 5.97 Å². The number of rotatable bonds is 6.